The summed E-state index contributed by atoms with van der Waals surface area (Å²) in [6, 6.07) is 5.62. The number of anilines is 1. The minimum Gasteiger partial charge on any atom is -0.405 e. The fourth-order valence-electron chi connectivity index (χ4n) is 3.73. The van der Waals surface area contributed by atoms with Gasteiger partial charge in [-0.25, -0.2) is 0 Å². The number of hydrogen-bond donors (Lipinski definition) is 1. The van der Waals surface area contributed by atoms with Crippen molar-refractivity contribution in [3.8, 4) is 5.75 Å². The topological polar surface area (TPSA) is 79.0 Å². The van der Waals surface area contributed by atoms with Gasteiger partial charge < -0.3 is 14.5 Å². The average Bonchev–Trinajstić information content (AvgIpc) is 3.04. The van der Waals surface area contributed by atoms with Crippen LogP contribution in [0.4, 0.5) is 5.69 Å². The van der Waals surface area contributed by atoms with Gasteiger partial charge in [0.2, 0.25) is 11.8 Å². The number of carbonyl (C=O) groups is 3. The summed E-state index contributed by atoms with van der Waals surface area (Å²) in [5, 5.41) is 4.03. The minimum atomic E-state index is -0.433. The number of benzene rings is 1. The molecular formula is C18H21N3O4. The Morgan fingerprint density at radius 1 is 1.16 bits per heavy atom. The zero-order valence-electron chi connectivity index (χ0n) is 13.9. The summed E-state index contributed by atoms with van der Waals surface area (Å²) in [6.07, 6.45) is 3.65. The molecule has 2 amide bonds. The van der Waals surface area contributed by atoms with Gasteiger partial charge in [0.1, 0.15) is 12.3 Å². The fourth-order valence-corrected chi connectivity index (χ4v) is 3.73. The molecule has 7 heteroatoms. The van der Waals surface area contributed by atoms with E-state index in [1.807, 2.05) is 12.1 Å². The van der Waals surface area contributed by atoms with Crippen LogP contribution >= 0.6 is 0 Å². The van der Waals surface area contributed by atoms with Crippen molar-refractivity contribution in [2.24, 2.45) is 5.92 Å². The molecule has 0 aliphatic carbocycles. The number of fused-ring (bicyclic) bond motifs is 1. The number of rotatable bonds is 3. The van der Waals surface area contributed by atoms with Crippen LogP contribution < -0.4 is 15.1 Å². The molecule has 132 valence electrons. The van der Waals surface area contributed by atoms with Crippen LogP contribution in [0.25, 0.3) is 0 Å². The van der Waals surface area contributed by atoms with Crippen molar-refractivity contribution in [2.45, 2.75) is 38.3 Å². The first-order valence-electron chi connectivity index (χ1n) is 8.75. The minimum absolute atomic E-state index is 0.178. The maximum atomic E-state index is 12.0. The van der Waals surface area contributed by atoms with Crippen molar-refractivity contribution in [3.63, 3.8) is 0 Å². The standard InChI is InChI=1S/C18H21N3O4/c22-11-12-5-7-20(8-6-12)14-1-3-16-13(9-14)10-21(25-16)15-2-4-17(23)19-18(15)24/h1,3,9,11-12,15H,2,4-8,10H2,(H,19,23,24). The highest BCUT2D eigenvalue weighted by molar-refractivity contribution is 6.00. The van der Waals surface area contributed by atoms with Gasteiger partial charge in [0, 0.05) is 36.7 Å². The molecule has 3 aliphatic heterocycles. The lowest BCUT2D eigenvalue weighted by Crippen LogP contribution is -2.52. The van der Waals surface area contributed by atoms with Crippen molar-refractivity contribution < 1.29 is 19.2 Å². The van der Waals surface area contributed by atoms with Crippen LogP contribution in [0, 0.1) is 5.92 Å². The Balaban J connectivity index is 1.45. The number of piperidine rings is 2. The number of nitrogens with zero attached hydrogens (tertiary/aromatic N) is 2. The van der Waals surface area contributed by atoms with Crippen LogP contribution in [0.5, 0.6) is 5.75 Å². The van der Waals surface area contributed by atoms with Crippen molar-refractivity contribution in [2.75, 3.05) is 18.0 Å². The van der Waals surface area contributed by atoms with Crippen molar-refractivity contribution >= 4 is 23.8 Å². The van der Waals surface area contributed by atoms with Crippen molar-refractivity contribution in [1.82, 2.24) is 10.4 Å². The molecule has 0 bridgehead atoms. The molecule has 1 N–H and O–H groups in total. The summed E-state index contributed by atoms with van der Waals surface area (Å²) in [6.45, 7) is 2.28. The molecule has 7 nitrogen and oxygen atoms in total. The van der Waals surface area contributed by atoms with Gasteiger partial charge in [-0.15, -0.1) is 5.06 Å². The lowest BCUT2D eigenvalue weighted by molar-refractivity contribution is -0.151. The van der Waals surface area contributed by atoms with Gasteiger partial charge in [0.15, 0.2) is 5.75 Å². The number of carbonyl (C=O) groups excluding carboxylic acids is 3. The average molecular weight is 343 g/mol. The second-order valence-corrected chi connectivity index (χ2v) is 6.89. The van der Waals surface area contributed by atoms with E-state index in [9.17, 15) is 14.4 Å². The molecule has 0 aromatic heterocycles. The second-order valence-electron chi connectivity index (χ2n) is 6.89. The Morgan fingerprint density at radius 3 is 2.68 bits per heavy atom. The third-order valence-corrected chi connectivity index (χ3v) is 5.24. The van der Waals surface area contributed by atoms with Gasteiger partial charge in [0.05, 0.1) is 6.54 Å². The number of aldehydes is 1. The summed E-state index contributed by atoms with van der Waals surface area (Å²) in [5.74, 6) is 0.424. The highest BCUT2D eigenvalue weighted by atomic mass is 16.7. The second kappa shape index (κ2) is 6.48. The number of imide groups is 1. The van der Waals surface area contributed by atoms with E-state index in [4.69, 9.17) is 4.84 Å². The molecule has 2 fully saturated rings. The van der Waals surface area contributed by atoms with Crippen LogP contribution in [0.1, 0.15) is 31.2 Å². The van der Waals surface area contributed by atoms with Gasteiger partial charge in [-0.05, 0) is 37.5 Å². The molecule has 3 aliphatic rings. The predicted octanol–water partition coefficient (Wildman–Crippen LogP) is 1.02. The SMILES string of the molecule is O=CC1CCN(c2ccc3c(c2)CN(C2CCC(=O)NC2=O)O3)CC1. The van der Waals surface area contributed by atoms with Crippen LogP contribution in [0.15, 0.2) is 18.2 Å². The Morgan fingerprint density at radius 2 is 1.96 bits per heavy atom. The highest BCUT2D eigenvalue weighted by Crippen LogP contribution is 2.34. The van der Waals surface area contributed by atoms with E-state index in [-0.39, 0.29) is 17.7 Å². The quantitative estimate of drug-likeness (QED) is 0.652. The number of amides is 2. The first kappa shape index (κ1) is 16.1. The predicted molar refractivity (Wildman–Crippen MR) is 89.8 cm³/mol. The lowest BCUT2D eigenvalue weighted by Gasteiger charge is -2.31. The van der Waals surface area contributed by atoms with Crippen LogP contribution in [0.3, 0.4) is 0 Å². The van der Waals surface area contributed by atoms with E-state index < -0.39 is 6.04 Å². The molecular weight excluding hydrogens is 322 g/mol. The summed E-state index contributed by atoms with van der Waals surface area (Å²) < 4.78 is 0. The third-order valence-electron chi connectivity index (χ3n) is 5.24. The Hall–Kier alpha value is -2.41. The Bertz CT molecular complexity index is 712. The lowest BCUT2D eigenvalue weighted by atomic mass is 9.98. The molecule has 0 spiro atoms. The van der Waals surface area contributed by atoms with Gasteiger partial charge in [-0.2, -0.15) is 0 Å². The maximum Gasteiger partial charge on any atom is 0.247 e. The number of nitrogens with one attached hydrogen (secondary N) is 1. The smallest absolute Gasteiger partial charge is 0.247 e. The van der Waals surface area contributed by atoms with Gasteiger partial charge in [-0.1, -0.05) is 0 Å². The molecule has 1 aromatic rings. The van der Waals surface area contributed by atoms with E-state index in [1.54, 1.807) is 5.06 Å². The fraction of sp³-hybridized carbons (Fsp3) is 0.500. The highest BCUT2D eigenvalue weighted by Gasteiger charge is 2.36. The monoisotopic (exact) mass is 343 g/mol. The first-order chi connectivity index (χ1) is 12.1. The van der Waals surface area contributed by atoms with E-state index >= 15 is 0 Å². The molecule has 2 saturated heterocycles. The van der Waals surface area contributed by atoms with E-state index in [0.717, 1.165) is 49.2 Å². The van der Waals surface area contributed by atoms with Gasteiger partial charge in [-0.3, -0.25) is 14.9 Å². The molecule has 1 aromatic carbocycles. The summed E-state index contributed by atoms with van der Waals surface area (Å²) in [5.41, 5.74) is 2.16. The molecule has 4 rings (SSSR count). The zero-order valence-corrected chi connectivity index (χ0v) is 13.9. The number of hydroxylamine groups is 2. The van der Waals surface area contributed by atoms with Gasteiger partial charge >= 0.3 is 0 Å². The van der Waals surface area contributed by atoms with Crippen LogP contribution in [-0.4, -0.2) is 42.3 Å². The van der Waals surface area contributed by atoms with Crippen molar-refractivity contribution in [1.29, 1.82) is 0 Å². The van der Waals surface area contributed by atoms with E-state index in [0.29, 0.717) is 19.4 Å². The Kier molecular flexibility index (Phi) is 4.17. The zero-order chi connectivity index (χ0) is 17.4. The molecule has 1 atom stereocenters. The molecule has 0 radical (unpaired) electrons. The summed E-state index contributed by atoms with van der Waals surface area (Å²) in [7, 11) is 0. The normalized spacial score (nSPS) is 24.6. The summed E-state index contributed by atoms with van der Waals surface area (Å²) >= 11 is 0. The van der Waals surface area contributed by atoms with Crippen LogP contribution in [0.2, 0.25) is 0 Å². The molecule has 25 heavy (non-hydrogen) atoms. The van der Waals surface area contributed by atoms with E-state index in [2.05, 4.69) is 16.3 Å². The Labute approximate surface area is 145 Å². The summed E-state index contributed by atoms with van der Waals surface area (Å²) in [4.78, 5) is 42.3. The third kappa shape index (κ3) is 3.11. The number of hydrogen-bond acceptors (Lipinski definition) is 6. The van der Waals surface area contributed by atoms with Gasteiger partial charge in [0.25, 0.3) is 0 Å². The molecule has 1 unspecified atom stereocenters. The van der Waals surface area contributed by atoms with E-state index in [1.165, 1.54) is 0 Å². The largest absolute Gasteiger partial charge is 0.405 e. The van der Waals surface area contributed by atoms with Crippen LogP contribution in [-0.2, 0) is 20.9 Å². The van der Waals surface area contributed by atoms with Crippen molar-refractivity contribution in [3.05, 3.63) is 23.8 Å². The maximum absolute atomic E-state index is 12.0. The molecule has 0 saturated carbocycles. The molecule has 3 heterocycles. The first-order valence-corrected chi connectivity index (χ1v) is 8.75.